The summed E-state index contributed by atoms with van der Waals surface area (Å²) in [6, 6.07) is 13.9. The zero-order valence-electron chi connectivity index (χ0n) is 9.77. The molecular formula is C15H9Cl2NO. The van der Waals surface area contributed by atoms with Gasteiger partial charge in [-0.05, 0) is 41.5 Å². The Morgan fingerprint density at radius 3 is 2.37 bits per heavy atom. The van der Waals surface area contributed by atoms with Crippen molar-refractivity contribution in [2.75, 3.05) is 0 Å². The third-order valence-corrected chi connectivity index (χ3v) is 3.11. The van der Waals surface area contributed by atoms with Crippen LogP contribution in [-0.4, -0.2) is 5.11 Å². The summed E-state index contributed by atoms with van der Waals surface area (Å²) in [5.41, 5.74) is 2.02. The van der Waals surface area contributed by atoms with Gasteiger partial charge in [0, 0.05) is 5.02 Å². The van der Waals surface area contributed by atoms with Crippen LogP contribution >= 0.6 is 23.2 Å². The van der Waals surface area contributed by atoms with Crippen molar-refractivity contribution < 1.29 is 5.11 Å². The highest BCUT2D eigenvalue weighted by Crippen LogP contribution is 2.26. The van der Waals surface area contributed by atoms with Crippen LogP contribution in [0, 0.1) is 11.3 Å². The van der Waals surface area contributed by atoms with Crippen molar-refractivity contribution in [2.45, 2.75) is 0 Å². The Balaban J connectivity index is 2.41. The van der Waals surface area contributed by atoms with E-state index in [-0.39, 0.29) is 10.8 Å². The molecule has 0 saturated heterocycles. The van der Waals surface area contributed by atoms with E-state index in [2.05, 4.69) is 6.07 Å². The van der Waals surface area contributed by atoms with Crippen LogP contribution in [0.5, 0.6) is 5.75 Å². The van der Waals surface area contributed by atoms with E-state index < -0.39 is 0 Å². The molecule has 0 radical (unpaired) electrons. The van der Waals surface area contributed by atoms with Crippen LogP contribution in [0.3, 0.4) is 0 Å². The molecule has 2 aromatic rings. The lowest BCUT2D eigenvalue weighted by Gasteiger charge is -2.01. The van der Waals surface area contributed by atoms with Crippen molar-refractivity contribution in [1.82, 2.24) is 0 Å². The first-order valence-corrected chi connectivity index (χ1v) is 6.22. The van der Waals surface area contributed by atoms with Gasteiger partial charge < -0.3 is 5.11 Å². The van der Waals surface area contributed by atoms with E-state index in [0.717, 1.165) is 11.1 Å². The van der Waals surface area contributed by atoms with Gasteiger partial charge in [-0.2, -0.15) is 5.26 Å². The van der Waals surface area contributed by atoms with E-state index in [1.54, 1.807) is 42.5 Å². The summed E-state index contributed by atoms with van der Waals surface area (Å²) < 4.78 is 0. The van der Waals surface area contributed by atoms with Gasteiger partial charge in [0.1, 0.15) is 5.75 Å². The molecule has 2 rings (SSSR count). The molecule has 0 saturated carbocycles. The predicted molar refractivity (Wildman–Crippen MR) is 78.1 cm³/mol. The van der Waals surface area contributed by atoms with Gasteiger partial charge in [-0.25, -0.2) is 0 Å². The summed E-state index contributed by atoms with van der Waals surface area (Å²) in [7, 11) is 0. The van der Waals surface area contributed by atoms with Crippen LogP contribution in [0.4, 0.5) is 0 Å². The standard InChI is InChI=1S/C15H9Cl2NO/c16-13-4-2-11(3-5-13)12(9-18)7-10-1-6-15(19)14(17)8-10/h1-8,19H/b12-7-. The zero-order valence-corrected chi connectivity index (χ0v) is 11.3. The summed E-state index contributed by atoms with van der Waals surface area (Å²) in [5, 5.41) is 19.4. The number of halogens is 2. The number of hydrogen-bond acceptors (Lipinski definition) is 2. The van der Waals surface area contributed by atoms with Crippen molar-refractivity contribution in [3.05, 3.63) is 63.6 Å². The number of phenolic OH excluding ortho intramolecular Hbond substituents is 1. The van der Waals surface area contributed by atoms with Gasteiger partial charge in [0.25, 0.3) is 0 Å². The van der Waals surface area contributed by atoms with Gasteiger partial charge in [-0.3, -0.25) is 0 Å². The minimum absolute atomic E-state index is 0.0174. The van der Waals surface area contributed by atoms with Gasteiger partial charge in [0.05, 0.1) is 16.7 Å². The molecule has 0 bridgehead atoms. The number of phenols is 1. The maximum atomic E-state index is 9.35. The van der Waals surface area contributed by atoms with Crippen LogP contribution in [-0.2, 0) is 0 Å². The van der Waals surface area contributed by atoms with Gasteiger partial charge in [0.15, 0.2) is 0 Å². The lowest BCUT2D eigenvalue weighted by atomic mass is 10.0. The highest BCUT2D eigenvalue weighted by atomic mass is 35.5. The molecule has 4 heteroatoms. The Morgan fingerprint density at radius 1 is 1.11 bits per heavy atom. The number of nitriles is 1. The number of nitrogens with zero attached hydrogens (tertiary/aromatic N) is 1. The molecule has 19 heavy (non-hydrogen) atoms. The van der Waals surface area contributed by atoms with Crippen molar-refractivity contribution >= 4 is 34.9 Å². The second-order valence-corrected chi connectivity index (χ2v) is 4.73. The molecule has 0 aromatic heterocycles. The van der Waals surface area contributed by atoms with E-state index in [1.807, 2.05) is 0 Å². The fraction of sp³-hybridized carbons (Fsp3) is 0. The molecule has 0 heterocycles. The highest BCUT2D eigenvalue weighted by molar-refractivity contribution is 6.32. The van der Waals surface area contributed by atoms with Crippen LogP contribution in [0.2, 0.25) is 10.0 Å². The van der Waals surface area contributed by atoms with E-state index in [0.29, 0.717) is 10.6 Å². The Kier molecular flexibility index (Phi) is 4.11. The normalized spacial score (nSPS) is 11.1. The van der Waals surface area contributed by atoms with E-state index >= 15 is 0 Å². The summed E-state index contributed by atoms with van der Waals surface area (Å²) in [5.74, 6) is 0.0174. The van der Waals surface area contributed by atoms with Crippen LogP contribution < -0.4 is 0 Å². The number of aromatic hydroxyl groups is 1. The molecule has 0 atom stereocenters. The van der Waals surface area contributed by atoms with E-state index in [9.17, 15) is 10.4 Å². The fourth-order valence-electron chi connectivity index (χ4n) is 1.59. The average Bonchev–Trinajstić information content (AvgIpc) is 2.41. The number of allylic oxidation sites excluding steroid dienone is 1. The molecule has 0 amide bonds. The summed E-state index contributed by atoms with van der Waals surface area (Å²) in [6.07, 6.45) is 1.70. The number of hydrogen-bond donors (Lipinski definition) is 1. The molecule has 0 spiro atoms. The second kappa shape index (κ2) is 5.79. The monoisotopic (exact) mass is 289 g/mol. The van der Waals surface area contributed by atoms with Gasteiger partial charge in [-0.1, -0.05) is 41.4 Å². The fourth-order valence-corrected chi connectivity index (χ4v) is 1.90. The van der Waals surface area contributed by atoms with Crippen LogP contribution in [0.1, 0.15) is 11.1 Å². The number of rotatable bonds is 2. The summed E-state index contributed by atoms with van der Waals surface area (Å²) >= 11 is 11.6. The summed E-state index contributed by atoms with van der Waals surface area (Å²) in [6.45, 7) is 0. The quantitative estimate of drug-likeness (QED) is 0.640. The van der Waals surface area contributed by atoms with Crippen molar-refractivity contribution in [1.29, 1.82) is 5.26 Å². The molecule has 0 aliphatic heterocycles. The van der Waals surface area contributed by atoms with Crippen molar-refractivity contribution in [3.8, 4) is 11.8 Å². The summed E-state index contributed by atoms with van der Waals surface area (Å²) in [4.78, 5) is 0. The first-order valence-electron chi connectivity index (χ1n) is 5.46. The molecule has 2 nitrogen and oxygen atoms in total. The van der Waals surface area contributed by atoms with Gasteiger partial charge in [-0.15, -0.1) is 0 Å². The molecule has 0 aliphatic carbocycles. The molecule has 94 valence electrons. The first-order chi connectivity index (χ1) is 9.10. The molecule has 2 aromatic carbocycles. The molecule has 0 unspecified atom stereocenters. The maximum Gasteiger partial charge on any atom is 0.134 e. The SMILES string of the molecule is N#C/C(=C/c1ccc(O)c(Cl)c1)c1ccc(Cl)cc1. The lowest BCUT2D eigenvalue weighted by molar-refractivity contribution is 0.475. The van der Waals surface area contributed by atoms with Gasteiger partial charge >= 0.3 is 0 Å². The van der Waals surface area contributed by atoms with Crippen molar-refractivity contribution in [3.63, 3.8) is 0 Å². The average molecular weight is 290 g/mol. The molecule has 1 N–H and O–H groups in total. The minimum Gasteiger partial charge on any atom is -0.506 e. The maximum absolute atomic E-state index is 9.35. The van der Waals surface area contributed by atoms with E-state index in [1.165, 1.54) is 6.07 Å². The topological polar surface area (TPSA) is 44.0 Å². The highest BCUT2D eigenvalue weighted by Gasteiger charge is 2.03. The Morgan fingerprint density at radius 2 is 1.79 bits per heavy atom. The third kappa shape index (κ3) is 3.29. The molecule has 0 aliphatic rings. The largest absolute Gasteiger partial charge is 0.506 e. The van der Waals surface area contributed by atoms with Crippen LogP contribution in [0.25, 0.3) is 11.6 Å². The first kappa shape index (κ1) is 13.5. The Hall–Kier alpha value is -1.95. The smallest absolute Gasteiger partial charge is 0.134 e. The number of benzene rings is 2. The van der Waals surface area contributed by atoms with Crippen molar-refractivity contribution in [2.24, 2.45) is 0 Å². The predicted octanol–water partition coefficient (Wildman–Crippen LogP) is 4.76. The van der Waals surface area contributed by atoms with Crippen LogP contribution in [0.15, 0.2) is 42.5 Å². The molecule has 0 fully saturated rings. The van der Waals surface area contributed by atoms with Gasteiger partial charge in [0.2, 0.25) is 0 Å². The lowest BCUT2D eigenvalue weighted by Crippen LogP contribution is -1.82. The Bertz CT molecular complexity index is 670. The molecular weight excluding hydrogens is 281 g/mol. The minimum atomic E-state index is 0.0174. The van der Waals surface area contributed by atoms with E-state index in [4.69, 9.17) is 23.2 Å². The third-order valence-electron chi connectivity index (χ3n) is 2.56. The zero-order chi connectivity index (χ0) is 13.8. The second-order valence-electron chi connectivity index (χ2n) is 3.89. The Labute approximate surface area is 121 Å².